The Bertz CT molecular complexity index is 616. The maximum Gasteiger partial charge on any atom is 0.336 e. The highest BCUT2D eigenvalue weighted by Gasteiger charge is 2.09. The molecule has 0 aromatic heterocycles. The lowest BCUT2D eigenvalue weighted by molar-refractivity contribution is 0.0696. The highest BCUT2D eigenvalue weighted by molar-refractivity contribution is 9.10. The molecule has 0 radical (unpaired) electrons. The molecule has 0 aliphatic rings. The van der Waals surface area contributed by atoms with Crippen LogP contribution in [-0.4, -0.2) is 11.1 Å². The fraction of sp³-hybridized carbons (Fsp3) is 0.0714. The van der Waals surface area contributed by atoms with Crippen LogP contribution in [0.4, 0.5) is 5.69 Å². The first-order valence-electron chi connectivity index (χ1n) is 5.58. The van der Waals surface area contributed by atoms with E-state index in [0.29, 0.717) is 22.7 Å². The maximum atomic E-state index is 11.1. The van der Waals surface area contributed by atoms with Crippen LogP contribution in [0.1, 0.15) is 15.9 Å². The van der Waals surface area contributed by atoms with E-state index >= 15 is 0 Å². The molecule has 19 heavy (non-hydrogen) atoms. The second-order valence-electron chi connectivity index (χ2n) is 3.94. The third-order valence-corrected chi connectivity index (χ3v) is 3.47. The molecule has 5 heteroatoms. The second-order valence-corrected chi connectivity index (χ2v) is 5.26. The van der Waals surface area contributed by atoms with Crippen molar-refractivity contribution in [3.63, 3.8) is 0 Å². The summed E-state index contributed by atoms with van der Waals surface area (Å²) in [6, 6.07) is 12.4. The van der Waals surface area contributed by atoms with Gasteiger partial charge in [0.15, 0.2) is 0 Å². The molecular formula is C14H11BrClNO2. The minimum absolute atomic E-state index is 0.293. The Morgan fingerprint density at radius 2 is 2.00 bits per heavy atom. The monoisotopic (exact) mass is 339 g/mol. The molecular weight excluding hydrogens is 330 g/mol. The first kappa shape index (κ1) is 13.9. The number of carboxylic acid groups (broad SMARTS) is 1. The molecule has 2 N–H and O–H groups in total. The van der Waals surface area contributed by atoms with E-state index in [2.05, 4.69) is 21.2 Å². The lowest BCUT2D eigenvalue weighted by Crippen LogP contribution is -2.07. The fourth-order valence-electron chi connectivity index (χ4n) is 1.71. The maximum absolute atomic E-state index is 11.1. The number of nitrogens with one attached hydrogen (secondary N) is 1. The first-order valence-corrected chi connectivity index (χ1v) is 6.75. The average molecular weight is 341 g/mol. The van der Waals surface area contributed by atoms with Crippen molar-refractivity contribution in [2.45, 2.75) is 6.54 Å². The van der Waals surface area contributed by atoms with Gasteiger partial charge < -0.3 is 10.4 Å². The predicted molar refractivity (Wildman–Crippen MR) is 79.9 cm³/mol. The zero-order valence-electron chi connectivity index (χ0n) is 9.86. The summed E-state index contributed by atoms with van der Waals surface area (Å²) in [6.45, 7) is 0.401. The molecule has 0 aliphatic carbocycles. The van der Waals surface area contributed by atoms with Crippen molar-refractivity contribution in [1.29, 1.82) is 0 Å². The van der Waals surface area contributed by atoms with Crippen molar-refractivity contribution in [3.05, 3.63) is 63.1 Å². The summed E-state index contributed by atoms with van der Waals surface area (Å²) in [5.41, 5.74) is 1.77. The van der Waals surface area contributed by atoms with Crippen LogP contribution in [0.5, 0.6) is 0 Å². The third kappa shape index (κ3) is 3.49. The van der Waals surface area contributed by atoms with E-state index in [1.807, 2.05) is 18.2 Å². The van der Waals surface area contributed by atoms with Gasteiger partial charge in [-0.05, 0) is 29.8 Å². The lowest BCUT2D eigenvalue weighted by Gasteiger charge is -2.10. The van der Waals surface area contributed by atoms with Crippen molar-refractivity contribution < 1.29 is 9.90 Å². The molecule has 2 aromatic rings. The third-order valence-electron chi connectivity index (χ3n) is 2.65. The molecule has 0 saturated carbocycles. The van der Waals surface area contributed by atoms with Gasteiger partial charge in [0.25, 0.3) is 0 Å². The average Bonchev–Trinajstić information content (AvgIpc) is 2.40. The Hall–Kier alpha value is -1.52. The SMILES string of the molecule is O=C(O)c1ccccc1CNc1cc(Br)ccc1Cl. The number of rotatable bonds is 4. The molecule has 0 unspecified atom stereocenters. The number of hydrogen-bond donors (Lipinski definition) is 2. The summed E-state index contributed by atoms with van der Waals surface area (Å²) in [4.78, 5) is 11.1. The zero-order chi connectivity index (χ0) is 13.8. The number of carboxylic acids is 1. The molecule has 0 bridgehead atoms. The summed E-state index contributed by atoms with van der Waals surface area (Å²) in [5, 5.41) is 12.8. The Morgan fingerprint density at radius 1 is 1.26 bits per heavy atom. The number of hydrogen-bond acceptors (Lipinski definition) is 2. The molecule has 98 valence electrons. The number of halogens is 2. The van der Waals surface area contributed by atoms with Crippen molar-refractivity contribution in [2.24, 2.45) is 0 Å². The standard InChI is InChI=1S/C14H11BrClNO2/c15-10-5-6-12(16)13(7-10)17-8-9-3-1-2-4-11(9)14(18)19/h1-7,17H,8H2,(H,18,19). The molecule has 2 rings (SSSR count). The van der Waals surface area contributed by atoms with E-state index in [4.69, 9.17) is 16.7 Å². The summed E-state index contributed by atoms with van der Waals surface area (Å²) >= 11 is 9.43. The van der Waals surface area contributed by atoms with Crippen LogP contribution in [0.25, 0.3) is 0 Å². The smallest absolute Gasteiger partial charge is 0.336 e. The van der Waals surface area contributed by atoms with Crippen LogP contribution in [0, 0.1) is 0 Å². The molecule has 0 fully saturated rings. The number of anilines is 1. The van der Waals surface area contributed by atoms with Crippen LogP contribution in [-0.2, 0) is 6.54 Å². The summed E-state index contributed by atoms with van der Waals surface area (Å²) in [6.07, 6.45) is 0. The normalized spacial score (nSPS) is 10.2. The molecule has 0 spiro atoms. The zero-order valence-corrected chi connectivity index (χ0v) is 12.2. The van der Waals surface area contributed by atoms with Gasteiger partial charge in [-0.3, -0.25) is 0 Å². The summed E-state index contributed by atoms with van der Waals surface area (Å²) < 4.78 is 0.908. The van der Waals surface area contributed by atoms with Gasteiger partial charge in [-0.15, -0.1) is 0 Å². The number of carbonyl (C=O) groups is 1. The van der Waals surface area contributed by atoms with E-state index in [9.17, 15) is 4.79 Å². The minimum Gasteiger partial charge on any atom is -0.478 e. The predicted octanol–water partition coefficient (Wildman–Crippen LogP) is 4.41. The van der Waals surface area contributed by atoms with Crippen molar-refractivity contribution in [1.82, 2.24) is 0 Å². The summed E-state index contributed by atoms with van der Waals surface area (Å²) in [5.74, 6) is -0.933. The highest BCUT2D eigenvalue weighted by atomic mass is 79.9. The van der Waals surface area contributed by atoms with Crippen LogP contribution in [0.3, 0.4) is 0 Å². The Balaban J connectivity index is 2.19. The van der Waals surface area contributed by atoms with Crippen molar-refractivity contribution >= 4 is 39.2 Å². The van der Waals surface area contributed by atoms with Crippen LogP contribution < -0.4 is 5.32 Å². The van der Waals surface area contributed by atoms with Gasteiger partial charge >= 0.3 is 5.97 Å². The van der Waals surface area contributed by atoms with Crippen LogP contribution >= 0.6 is 27.5 Å². The number of aromatic carboxylic acids is 1. The van der Waals surface area contributed by atoms with E-state index in [1.165, 1.54) is 0 Å². The molecule has 0 amide bonds. The van der Waals surface area contributed by atoms with Crippen molar-refractivity contribution in [3.8, 4) is 0 Å². The molecule has 0 aliphatic heterocycles. The van der Waals surface area contributed by atoms with E-state index in [0.717, 1.165) is 10.2 Å². The minimum atomic E-state index is -0.933. The highest BCUT2D eigenvalue weighted by Crippen LogP contribution is 2.26. The largest absolute Gasteiger partial charge is 0.478 e. The van der Waals surface area contributed by atoms with Gasteiger partial charge in [0.1, 0.15) is 0 Å². The van der Waals surface area contributed by atoms with E-state index in [-0.39, 0.29) is 0 Å². The summed E-state index contributed by atoms with van der Waals surface area (Å²) in [7, 11) is 0. The van der Waals surface area contributed by atoms with Gasteiger partial charge in [0.05, 0.1) is 16.3 Å². The number of benzene rings is 2. The van der Waals surface area contributed by atoms with E-state index < -0.39 is 5.97 Å². The van der Waals surface area contributed by atoms with Crippen LogP contribution in [0.15, 0.2) is 46.9 Å². The Kier molecular flexibility index (Phi) is 4.45. The van der Waals surface area contributed by atoms with Crippen molar-refractivity contribution in [2.75, 3.05) is 5.32 Å². The lowest BCUT2D eigenvalue weighted by atomic mass is 10.1. The Labute approximate surface area is 124 Å². The van der Waals surface area contributed by atoms with Gasteiger partial charge in [-0.2, -0.15) is 0 Å². The van der Waals surface area contributed by atoms with E-state index in [1.54, 1.807) is 24.3 Å². The first-order chi connectivity index (χ1) is 9.08. The molecule has 3 nitrogen and oxygen atoms in total. The fourth-order valence-corrected chi connectivity index (χ4v) is 2.25. The van der Waals surface area contributed by atoms with Crippen LogP contribution in [0.2, 0.25) is 5.02 Å². The quantitative estimate of drug-likeness (QED) is 0.866. The molecule has 0 atom stereocenters. The van der Waals surface area contributed by atoms with Gasteiger partial charge in [0, 0.05) is 11.0 Å². The molecule has 0 heterocycles. The van der Waals surface area contributed by atoms with Gasteiger partial charge in [-0.25, -0.2) is 4.79 Å². The van der Waals surface area contributed by atoms with Gasteiger partial charge in [0.2, 0.25) is 0 Å². The topological polar surface area (TPSA) is 49.3 Å². The molecule has 0 saturated heterocycles. The molecule has 2 aromatic carbocycles. The van der Waals surface area contributed by atoms with Gasteiger partial charge in [-0.1, -0.05) is 45.7 Å². The second kappa shape index (κ2) is 6.08. The Morgan fingerprint density at radius 3 is 2.74 bits per heavy atom.